The van der Waals surface area contributed by atoms with Crippen LogP contribution in [0.15, 0.2) is 12.1 Å². The quantitative estimate of drug-likeness (QED) is 0.704. The summed E-state index contributed by atoms with van der Waals surface area (Å²) in [4.78, 5) is 11.5. The first kappa shape index (κ1) is 10.7. The molecule has 4 heteroatoms. The van der Waals surface area contributed by atoms with E-state index < -0.39 is 17.6 Å². The van der Waals surface area contributed by atoms with Crippen LogP contribution in [-0.2, 0) is 0 Å². The van der Waals surface area contributed by atoms with Gasteiger partial charge in [0, 0.05) is 5.56 Å². The topological polar surface area (TPSA) is 63.3 Å². The number of phenols is 1. The lowest BCUT2D eigenvalue weighted by Crippen LogP contribution is -2.27. The van der Waals surface area contributed by atoms with E-state index in [4.69, 9.17) is 10.8 Å². The van der Waals surface area contributed by atoms with Gasteiger partial charge in [0.15, 0.2) is 17.3 Å². The van der Waals surface area contributed by atoms with E-state index in [1.54, 1.807) is 6.92 Å². The molecule has 1 aromatic rings. The van der Waals surface area contributed by atoms with Gasteiger partial charge in [-0.15, -0.1) is 0 Å². The van der Waals surface area contributed by atoms with Gasteiger partial charge in [0.2, 0.25) is 0 Å². The van der Waals surface area contributed by atoms with Gasteiger partial charge in [0.25, 0.3) is 0 Å². The fourth-order valence-electron chi connectivity index (χ4n) is 1.18. The van der Waals surface area contributed by atoms with Crippen molar-refractivity contribution in [3.05, 3.63) is 29.1 Å². The smallest absolute Gasteiger partial charge is 0.179 e. The molecule has 76 valence electrons. The Balaban J connectivity index is 3.22. The van der Waals surface area contributed by atoms with Gasteiger partial charge in [0.05, 0.1) is 6.04 Å². The predicted molar refractivity (Wildman–Crippen MR) is 50.8 cm³/mol. The Hall–Kier alpha value is -1.42. The molecule has 3 N–H and O–H groups in total. The van der Waals surface area contributed by atoms with Crippen molar-refractivity contribution >= 4 is 5.78 Å². The zero-order valence-corrected chi connectivity index (χ0v) is 8.04. The summed E-state index contributed by atoms with van der Waals surface area (Å²) < 4.78 is 12.9. The number of aryl methyl sites for hydroxylation is 1. The van der Waals surface area contributed by atoms with Crippen LogP contribution in [0.5, 0.6) is 5.75 Å². The Morgan fingerprint density at radius 3 is 2.64 bits per heavy atom. The highest BCUT2D eigenvalue weighted by Gasteiger charge is 2.15. The Morgan fingerprint density at radius 1 is 1.57 bits per heavy atom. The summed E-state index contributed by atoms with van der Waals surface area (Å²) in [5.41, 5.74) is 6.13. The molecule has 0 aliphatic carbocycles. The summed E-state index contributed by atoms with van der Waals surface area (Å²) in [6, 6.07) is 1.55. The number of aromatic hydroxyl groups is 1. The van der Waals surface area contributed by atoms with Gasteiger partial charge in [0.1, 0.15) is 0 Å². The molecule has 0 saturated carbocycles. The normalized spacial score (nSPS) is 12.6. The van der Waals surface area contributed by atoms with Gasteiger partial charge in [-0.3, -0.25) is 4.79 Å². The second kappa shape index (κ2) is 3.75. The average Bonchev–Trinajstić information content (AvgIpc) is 2.10. The number of halogens is 1. The molecule has 0 bridgehead atoms. The zero-order chi connectivity index (χ0) is 10.9. The molecule has 1 unspecified atom stereocenters. The summed E-state index contributed by atoms with van der Waals surface area (Å²) in [5, 5.41) is 9.03. The fraction of sp³-hybridized carbons (Fsp3) is 0.300. The number of hydrogen-bond donors (Lipinski definition) is 2. The molecule has 3 nitrogen and oxygen atoms in total. The number of Topliss-reactive ketones (excluding diaryl/α,β-unsaturated/α-hetero) is 1. The van der Waals surface area contributed by atoms with E-state index in [0.29, 0.717) is 5.56 Å². The van der Waals surface area contributed by atoms with E-state index in [1.165, 1.54) is 13.0 Å². The molecule has 0 aliphatic heterocycles. The number of ketones is 1. The highest BCUT2D eigenvalue weighted by atomic mass is 19.1. The number of nitrogens with two attached hydrogens (primary N) is 1. The lowest BCUT2D eigenvalue weighted by molar-refractivity contribution is 0.0967. The molecular formula is C10H12FNO2. The number of phenolic OH excluding ortho intramolecular Hbond substituents is 1. The van der Waals surface area contributed by atoms with Crippen molar-refractivity contribution in [3.63, 3.8) is 0 Å². The standard InChI is InChI=1S/C10H12FNO2/c1-5-3-9(13)8(11)4-7(5)10(14)6(2)12/h3-4,6,13H,12H2,1-2H3. The van der Waals surface area contributed by atoms with Crippen LogP contribution in [0, 0.1) is 12.7 Å². The van der Waals surface area contributed by atoms with Crippen LogP contribution >= 0.6 is 0 Å². The fourth-order valence-corrected chi connectivity index (χ4v) is 1.18. The number of carbonyl (C=O) groups excluding carboxylic acids is 1. The van der Waals surface area contributed by atoms with Crippen LogP contribution in [0.2, 0.25) is 0 Å². The maximum absolute atomic E-state index is 12.9. The molecule has 0 saturated heterocycles. The van der Waals surface area contributed by atoms with E-state index in [0.717, 1.165) is 6.07 Å². The van der Waals surface area contributed by atoms with Crippen LogP contribution in [0.1, 0.15) is 22.8 Å². The van der Waals surface area contributed by atoms with Crippen molar-refractivity contribution in [2.45, 2.75) is 19.9 Å². The molecular weight excluding hydrogens is 185 g/mol. The van der Waals surface area contributed by atoms with Gasteiger partial charge in [-0.2, -0.15) is 0 Å². The highest BCUT2D eigenvalue weighted by Crippen LogP contribution is 2.21. The van der Waals surface area contributed by atoms with E-state index in [-0.39, 0.29) is 11.3 Å². The van der Waals surface area contributed by atoms with Crippen molar-refractivity contribution in [2.75, 3.05) is 0 Å². The lowest BCUT2D eigenvalue weighted by atomic mass is 10.0. The van der Waals surface area contributed by atoms with Crippen molar-refractivity contribution in [3.8, 4) is 5.75 Å². The molecule has 0 aromatic heterocycles. The molecule has 1 rings (SSSR count). The molecule has 0 spiro atoms. The van der Waals surface area contributed by atoms with Gasteiger partial charge in [-0.05, 0) is 31.5 Å². The Morgan fingerprint density at radius 2 is 2.14 bits per heavy atom. The van der Waals surface area contributed by atoms with Crippen molar-refractivity contribution < 1.29 is 14.3 Å². The second-order valence-corrected chi connectivity index (χ2v) is 3.27. The molecule has 0 radical (unpaired) electrons. The highest BCUT2D eigenvalue weighted by molar-refractivity contribution is 6.01. The van der Waals surface area contributed by atoms with Crippen LogP contribution in [0.3, 0.4) is 0 Å². The third kappa shape index (κ3) is 1.90. The van der Waals surface area contributed by atoms with Crippen molar-refractivity contribution in [2.24, 2.45) is 5.73 Å². The summed E-state index contributed by atoms with van der Waals surface area (Å²) in [7, 11) is 0. The van der Waals surface area contributed by atoms with Crippen LogP contribution in [0.25, 0.3) is 0 Å². The predicted octanol–water partition coefficient (Wildman–Crippen LogP) is 1.37. The summed E-state index contributed by atoms with van der Waals surface area (Å²) in [6.45, 7) is 3.15. The number of carbonyl (C=O) groups is 1. The third-order valence-electron chi connectivity index (χ3n) is 1.97. The molecule has 0 amide bonds. The maximum Gasteiger partial charge on any atom is 0.179 e. The Kier molecular flexibility index (Phi) is 2.86. The van der Waals surface area contributed by atoms with Crippen LogP contribution in [-0.4, -0.2) is 16.9 Å². The largest absolute Gasteiger partial charge is 0.505 e. The molecule has 0 heterocycles. The minimum atomic E-state index is -0.806. The number of benzene rings is 1. The molecule has 14 heavy (non-hydrogen) atoms. The lowest BCUT2D eigenvalue weighted by Gasteiger charge is -2.08. The first-order valence-corrected chi connectivity index (χ1v) is 4.22. The van der Waals surface area contributed by atoms with Crippen LogP contribution < -0.4 is 5.73 Å². The van der Waals surface area contributed by atoms with E-state index >= 15 is 0 Å². The summed E-state index contributed by atoms with van der Waals surface area (Å²) >= 11 is 0. The summed E-state index contributed by atoms with van der Waals surface area (Å²) in [6.07, 6.45) is 0. The minimum Gasteiger partial charge on any atom is -0.505 e. The van der Waals surface area contributed by atoms with E-state index in [1.807, 2.05) is 0 Å². The third-order valence-corrected chi connectivity index (χ3v) is 1.97. The monoisotopic (exact) mass is 197 g/mol. The van der Waals surface area contributed by atoms with E-state index in [9.17, 15) is 9.18 Å². The van der Waals surface area contributed by atoms with Gasteiger partial charge in [-0.1, -0.05) is 0 Å². The SMILES string of the molecule is Cc1cc(O)c(F)cc1C(=O)C(C)N. The average molecular weight is 197 g/mol. The number of rotatable bonds is 2. The molecule has 0 aliphatic rings. The van der Waals surface area contributed by atoms with Crippen molar-refractivity contribution in [1.29, 1.82) is 0 Å². The second-order valence-electron chi connectivity index (χ2n) is 3.27. The minimum absolute atomic E-state index is 0.218. The first-order valence-electron chi connectivity index (χ1n) is 4.22. The Labute approximate surface area is 81.4 Å². The molecule has 0 fully saturated rings. The van der Waals surface area contributed by atoms with Gasteiger partial charge in [-0.25, -0.2) is 4.39 Å². The van der Waals surface area contributed by atoms with Crippen LogP contribution in [0.4, 0.5) is 4.39 Å². The molecule has 1 aromatic carbocycles. The Bertz CT molecular complexity index is 375. The van der Waals surface area contributed by atoms with Gasteiger partial charge >= 0.3 is 0 Å². The summed E-state index contributed by atoms with van der Waals surface area (Å²) in [5.74, 6) is -1.59. The number of hydrogen-bond acceptors (Lipinski definition) is 3. The van der Waals surface area contributed by atoms with E-state index in [2.05, 4.69) is 0 Å². The maximum atomic E-state index is 12.9. The zero-order valence-electron chi connectivity index (χ0n) is 8.04. The molecule has 1 atom stereocenters. The first-order chi connectivity index (χ1) is 6.43. The van der Waals surface area contributed by atoms with Gasteiger partial charge < -0.3 is 10.8 Å². The van der Waals surface area contributed by atoms with Crippen molar-refractivity contribution in [1.82, 2.24) is 0 Å².